The van der Waals surface area contributed by atoms with Crippen molar-refractivity contribution < 1.29 is 27.5 Å². The van der Waals surface area contributed by atoms with Gasteiger partial charge >= 0.3 is 6.18 Å². The van der Waals surface area contributed by atoms with Crippen molar-refractivity contribution in [3.8, 4) is 5.82 Å². The molecule has 8 nitrogen and oxygen atoms in total. The van der Waals surface area contributed by atoms with Crippen molar-refractivity contribution in [2.45, 2.75) is 6.18 Å². The first-order valence-corrected chi connectivity index (χ1v) is 12.8. The van der Waals surface area contributed by atoms with E-state index in [-0.39, 0.29) is 35.2 Å². The van der Waals surface area contributed by atoms with Gasteiger partial charge in [0.2, 0.25) is 0 Å². The lowest BCUT2D eigenvalue weighted by molar-refractivity contribution is -0.141. The zero-order chi connectivity index (χ0) is 27.6. The molecule has 2 aromatic heterocycles. The van der Waals surface area contributed by atoms with Crippen molar-refractivity contribution in [3.63, 3.8) is 0 Å². The highest BCUT2D eigenvalue weighted by Gasteiger charge is 2.37. The number of pyridine rings is 1. The molecule has 0 spiro atoms. The first-order valence-electron chi connectivity index (χ1n) is 10.8. The summed E-state index contributed by atoms with van der Waals surface area (Å²) in [5, 5.41) is 10.1. The second kappa shape index (κ2) is 11.4. The third-order valence-electron chi connectivity index (χ3n) is 5.29. The number of amides is 2. The molecule has 198 valence electrons. The first kappa shape index (κ1) is 28.0. The number of anilines is 1. The molecule has 0 saturated heterocycles. The summed E-state index contributed by atoms with van der Waals surface area (Å²) in [5.41, 5.74) is -1.69. The van der Waals surface area contributed by atoms with Crippen LogP contribution in [0, 0.1) is 0 Å². The van der Waals surface area contributed by atoms with Crippen LogP contribution >= 0.6 is 43.5 Å². The van der Waals surface area contributed by atoms with Crippen LogP contribution in [0.4, 0.5) is 18.9 Å². The molecule has 0 radical (unpaired) electrons. The summed E-state index contributed by atoms with van der Waals surface area (Å²) < 4.78 is 47.4. The number of hydrogen-bond donors (Lipinski definition) is 2. The third kappa shape index (κ3) is 5.85. The highest BCUT2D eigenvalue weighted by atomic mass is 79.9. The van der Waals surface area contributed by atoms with Crippen LogP contribution in [0.5, 0.6) is 0 Å². The molecule has 4 rings (SSSR count). The van der Waals surface area contributed by atoms with Crippen molar-refractivity contribution in [1.82, 2.24) is 20.1 Å². The Morgan fingerprint density at radius 1 is 1.13 bits per heavy atom. The number of nitrogens with one attached hydrogen (secondary N) is 2. The number of ether oxygens (including phenoxy) is 1. The van der Waals surface area contributed by atoms with Crippen LogP contribution in [0.3, 0.4) is 0 Å². The molecule has 0 aliphatic rings. The zero-order valence-corrected chi connectivity index (χ0v) is 23.3. The van der Waals surface area contributed by atoms with Gasteiger partial charge in [0.25, 0.3) is 11.8 Å². The third-order valence-corrected chi connectivity index (χ3v) is 6.90. The number of aromatic nitrogens is 3. The molecule has 38 heavy (non-hydrogen) atoms. The molecule has 2 N–H and O–H groups in total. The molecule has 0 atom stereocenters. The quantitative estimate of drug-likeness (QED) is 0.226. The minimum atomic E-state index is -4.84. The number of rotatable bonds is 7. The topological polar surface area (TPSA) is 98.1 Å². The normalized spacial score (nSPS) is 11.6. The Kier molecular flexibility index (Phi) is 8.40. The Balaban J connectivity index is 1.83. The van der Waals surface area contributed by atoms with E-state index < -0.39 is 29.4 Å². The minimum Gasteiger partial charge on any atom is -0.383 e. The molecular weight excluding hydrogens is 659 g/mol. The lowest BCUT2D eigenvalue weighted by Gasteiger charge is -2.16. The Hall–Kier alpha value is -3.00. The summed E-state index contributed by atoms with van der Waals surface area (Å²) in [4.78, 5) is 30.5. The molecule has 0 saturated carbocycles. The summed E-state index contributed by atoms with van der Waals surface area (Å²) in [6, 6.07) is 10.3. The summed E-state index contributed by atoms with van der Waals surface area (Å²) in [6.07, 6.45) is -3.54. The van der Waals surface area contributed by atoms with E-state index in [1.807, 2.05) is 0 Å². The maximum absolute atomic E-state index is 13.5. The van der Waals surface area contributed by atoms with Crippen molar-refractivity contribution >= 4 is 71.7 Å². The van der Waals surface area contributed by atoms with E-state index >= 15 is 0 Å². The van der Waals surface area contributed by atoms with Gasteiger partial charge in [-0.25, -0.2) is 9.67 Å². The van der Waals surface area contributed by atoms with Crippen LogP contribution in [0.25, 0.3) is 16.6 Å². The van der Waals surface area contributed by atoms with Gasteiger partial charge in [-0.1, -0.05) is 33.6 Å². The van der Waals surface area contributed by atoms with E-state index in [9.17, 15) is 22.8 Å². The molecule has 0 aliphatic heterocycles. The summed E-state index contributed by atoms with van der Waals surface area (Å²) in [5.74, 6) is -1.68. The van der Waals surface area contributed by atoms with Crippen molar-refractivity contribution in [2.75, 3.05) is 25.6 Å². The highest BCUT2D eigenvalue weighted by molar-refractivity contribution is 9.11. The van der Waals surface area contributed by atoms with E-state index in [0.29, 0.717) is 26.0 Å². The van der Waals surface area contributed by atoms with Crippen molar-refractivity contribution in [1.29, 1.82) is 0 Å². The maximum Gasteiger partial charge on any atom is 0.435 e. The van der Waals surface area contributed by atoms with Gasteiger partial charge in [-0.2, -0.15) is 18.3 Å². The Bertz CT molecular complexity index is 1550. The van der Waals surface area contributed by atoms with Crippen molar-refractivity contribution in [3.05, 3.63) is 79.6 Å². The number of hydrogen-bond acceptors (Lipinski definition) is 5. The number of halogens is 6. The predicted octanol–water partition coefficient (Wildman–Crippen LogP) is 6.25. The van der Waals surface area contributed by atoms with Gasteiger partial charge in [0.05, 0.1) is 22.9 Å². The van der Waals surface area contributed by atoms with Crippen molar-refractivity contribution in [2.24, 2.45) is 0 Å². The van der Waals surface area contributed by atoms with E-state index in [4.69, 9.17) is 16.3 Å². The Labute approximate surface area is 235 Å². The number of methoxy groups -OCH3 is 1. The smallest absolute Gasteiger partial charge is 0.383 e. The largest absolute Gasteiger partial charge is 0.435 e. The highest BCUT2D eigenvalue weighted by Crippen LogP contribution is 2.37. The van der Waals surface area contributed by atoms with Gasteiger partial charge in [-0.15, -0.1) is 0 Å². The standard InChI is InChI=1S/C24H17Br2ClF3N5O3/c1-38-8-7-32-22(36)15-10-12-9-13(25)4-5-14(12)19(26)20(15)33-23(37)17-11-18(24(28,29)30)34-35(17)21-16(27)3-2-6-31-21/h2-6,9-11H,7-8H2,1H3,(H,32,36)(H,33,37). The lowest BCUT2D eigenvalue weighted by atomic mass is 10.0. The molecule has 2 amide bonds. The second-order valence-corrected chi connectivity index (χ2v) is 9.93. The van der Waals surface area contributed by atoms with Gasteiger partial charge in [0, 0.05) is 34.9 Å². The number of benzene rings is 2. The predicted molar refractivity (Wildman–Crippen MR) is 143 cm³/mol. The van der Waals surface area contributed by atoms with Gasteiger partial charge in [0.15, 0.2) is 11.5 Å². The molecule has 2 aromatic carbocycles. The van der Waals surface area contributed by atoms with Crippen LogP contribution in [-0.4, -0.2) is 46.8 Å². The number of alkyl halides is 3. The van der Waals surface area contributed by atoms with Crippen LogP contribution in [0.1, 0.15) is 26.5 Å². The SMILES string of the molecule is COCCNC(=O)c1cc2cc(Br)ccc2c(Br)c1NC(=O)c1cc(C(F)(F)F)nn1-c1ncccc1Cl. The molecule has 4 aromatic rings. The molecular formula is C24H17Br2ClF3N5O3. The summed E-state index contributed by atoms with van der Waals surface area (Å²) in [7, 11) is 1.48. The Morgan fingerprint density at radius 3 is 2.58 bits per heavy atom. The fourth-order valence-corrected chi connectivity index (χ4v) is 4.80. The lowest BCUT2D eigenvalue weighted by Crippen LogP contribution is -2.28. The van der Waals surface area contributed by atoms with Gasteiger partial charge in [-0.05, 0) is 57.0 Å². The van der Waals surface area contributed by atoms with E-state index in [1.165, 1.54) is 25.4 Å². The van der Waals surface area contributed by atoms with Crippen LogP contribution in [0.2, 0.25) is 5.02 Å². The maximum atomic E-state index is 13.5. The van der Waals surface area contributed by atoms with E-state index in [0.717, 1.165) is 4.47 Å². The van der Waals surface area contributed by atoms with Gasteiger partial charge in [0.1, 0.15) is 5.69 Å². The zero-order valence-electron chi connectivity index (χ0n) is 19.4. The fraction of sp³-hybridized carbons (Fsp3) is 0.167. The monoisotopic (exact) mass is 673 g/mol. The molecule has 0 fully saturated rings. The van der Waals surface area contributed by atoms with E-state index in [2.05, 4.69) is 52.6 Å². The number of nitrogens with zero attached hydrogens (tertiary/aromatic N) is 3. The molecule has 0 bridgehead atoms. The molecule has 2 heterocycles. The second-order valence-electron chi connectivity index (χ2n) is 7.81. The van der Waals surface area contributed by atoms with Gasteiger partial charge in [-0.3, -0.25) is 9.59 Å². The number of carbonyl (C=O) groups is 2. The van der Waals surface area contributed by atoms with Gasteiger partial charge < -0.3 is 15.4 Å². The minimum absolute atomic E-state index is 0.0194. The van der Waals surface area contributed by atoms with Crippen LogP contribution in [-0.2, 0) is 10.9 Å². The fourth-order valence-electron chi connectivity index (χ4n) is 3.55. The van der Waals surface area contributed by atoms with E-state index in [1.54, 1.807) is 24.3 Å². The molecule has 14 heteroatoms. The average Bonchev–Trinajstić information content (AvgIpc) is 3.32. The summed E-state index contributed by atoms with van der Waals surface area (Å²) >= 11 is 13.0. The molecule has 0 unspecified atom stereocenters. The Morgan fingerprint density at radius 2 is 1.89 bits per heavy atom. The average molecular weight is 676 g/mol. The summed E-state index contributed by atoms with van der Waals surface area (Å²) in [6.45, 7) is 0.439. The van der Waals surface area contributed by atoms with Crippen LogP contribution < -0.4 is 10.6 Å². The first-order chi connectivity index (χ1) is 18.0. The molecule has 0 aliphatic carbocycles. The number of fused-ring (bicyclic) bond motifs is 1. The number of carbonyl (C=O) groups excluding carboxylic acids is 2. The van der Waals surface area contributed by atoms with Crippen LogP contribution in [0.15, 0.2) is 57.6 Å².